The van der Waals surface area contributed by atoms with Gasteiger partial charge in [0, 0.05) is 62.7 Å². The van der Waals surface area contributed by atoms with Gasteiger partial charge in [-0.3, -0.25) is 29.7 Å². The van der Waals surface area contributed by atoms with Gasteiger partial charge in [0.1, 0.15) is 23.1 Å². The predicted molar refractivity (Wildman–Crippen MR) is 239 cm³/mol. The minimum atomic E-state index is -0.539. The van der Waals surface area contributed by atoms with E-state index in [4.69, 9.17) is 14.5 Å². The third kappa shape index (κ3) is 7.84. The molecule has 9 rings (SSSR count). The highest BCUT2D eigenvalue weighted by atomic mass is 19.1. The molecule has 3 aromatic carbocycles. The number of amides is 4. The lowest BCUT2D eigenvalue weighted by molar-refractivity contribution is -0.134. The normalized spacial score (nSPS) is 18.1. The fourth-order valence-electron chi connectivity index (χ4n) is 9.24. The number of ether oxygens (including phenoxy) is 2. The Morgan fingerprint density at radius 2 is 1.66 bits per heavy atom. The summed E-state index contributed by atoms with van der Waals surface area (Å²) in [5.41, 5.74) is 5.44. The Labute approximate surface area is 369 Å². The third-order valence-corrected chi connectivity index (χ3v) is 12.5. The first kappa shape index (κ1) is 42.0. The zero-order valence-electron chi connectivity index (χ0n) is 36.0. The monoisotopic (exact) mass is 865 g/mol. The van der Waals surface area contributed by atoms with Crippen LogP contribution in [0.5, 0.6) is 17.5 Å². The Balaban J connectivity index is 0.974. The summed E-state index contributed by atoms with van der Waals surface area (Å²) in [5.74, 6) is 0.246. The van der Waals surface area contributed by atoms with Crippen molar-refractivity contribution in [2.75, 3.05) is 41.4 Å². The molecule has 1 N–H and O–H groups in total. The van der Waals surface area contributed by atoms with Crippen molar-refractivity contribution in [1.29, 1.82) is 0 Å². The minimum absolute atomic E-state index is 0.119. The number of anilines is 3. The predicted octanol–water partition coefficient (Wildman–Crippen LogP) is 7.27. The molecule has 0 bridgehead atoms. The van der Waals surface area contributed by atoms with Crippen molar-refractivity contribution in [1.82, 2.24) is 29.6 Å². The maximum absolute atomic E-state index is 15.5. The molecular formula is C48H48FN9O6. The lowest BCUT2D eigenvalue weighted by Crippen LogP contribution is -2.39. The fourth-order valence-corrected chi connectivity index (χ4v) is 9.24. The number of aromatic nitrogens is 5. The molecular weight excluding hydrogens is 818 g/mol. The SMILES string of the molecule is CCc1c(-c2ccc(-n3c(OC)nn(C)c3=O)cc2Oc2ccc(C3CCN(c4ccc(C5CCC(=O)NC5=O)cc4F)CC3)cc2)ccnc1N1C[C@H](C)N(c2cccnc2)C1=O. The van der Waals surface area contributed by atoms with Crippen molar-refractivity contribution >= 4 is 35.0 Å². The molecule has 64 heavy (non-hydrogen) atoms. The van der Waals surface area contributed by atoms with Gasteiger partial charge in [0.05, 0.1) is 42.3 Å². The lowest BCUT2D eigenvalue weighted by Gasteiger charge is -2.34. The first-order chi connectivity index (χ1) is 31.0. The van der Waals surface area contributed by atoms with E-state index in [-0.39, 0.29) is 48.1 Å². The maximum Gasteiger partial charge on any atom is 0.353 e. The number of methoxy groups -OCH3 is 1. The fraction of sp³-hybridized carbons (Fsp3) is 0.312. The highest BCUT2D eigenvalue weighted by Gasteiger charge is 2.39. The maximum atomic E-state index is 15.5. The molecule has 15 nitrogen and oxygen atoms in total. The average Bonchev–Trinajstić information content (AvgIpc) is 3.78. The van der Waals surface area contributed by atoms with Crippen molar-refractivity contribution in [3.8, 4) is 34.3 Å². The van der Waals surface area contributed by atoms with Crippen LogP contribution in [0.15, 0.2) is 102 Å². The van der Waals surface area contributed by atoms with Gasteiger partial charge in [-0.2, -0.15) is 0 Å². The molecule has 0 spiro atoms. The van der Waals surface area contributed by atoms with Crippen LogP contribution in [0.1, 0.15) is 68.1 Å². The number of pyridine rings is 2. The summed E-state index contributed by atoms with van der Waals surface area (Å²) < 4.78 is 30.3. The summed E-state index contributed by atoms with van der Waals surface area (Å²) in [6.07, 6.45) is 7.85. The zero-order valence-corrected chi connectivity index (χ0v) is 36.0. The van der Waals surface area contributed by atoms with Crippen molar-refractivity contribution in [3.05, 3.63) is 130 Å². The van der Waals surface area contributed by atoms with Gasteiger partial charge in [0.25, 0.3) is 0 Å². The summed E-state index contributed by atoms with van der Waals surface area (Å²) in [6.45, 7) is 5.78. The number of nitrogens with one attached hydrogen (secondary N) is 1. The first-order valence-corrected chi connectivity index (χ1v) is 21.5. The van der Waals surface area contributed by atoms with Crippen molar-refractivity contribution in [2.24, 2.45) is 7.05 Å². The Kier molecular flexibility index (Phi) is 11.4. The molecule has 16 heteroatoms. The smallest absolute Gasteiger partial charge is 0.353 e. The number of benzene rings is 3. The molecule has 0 aliphatic carbocycles. The van der Waals surface area contributed by atoms with E-state index in [9.17, 15) is 19.2 Å². The van der Waals surface area contributed by atoms with Gasteiger partial charge in [-0.25, -0.2) is 28.2 Å². The Morgan fingerprint density at radius 1 is 0.875 bits per heavy atom. The molecule has 6 heterocycles. The number of urea groups is 1. The summed E-state index contributed by atoms with van der Waals surface area (Å²) in [6, 6.07) is 23.8. The molecule has 6 aromatic rings. The average molecular weight is 866 g/mol. The number of piperidine rings is 2. The van der Waals surface area contributed by atoms with Crippen molar-refractivity contribution in [3.63, 3.8) is 0 Å². The standard InChI is InChI=1S/C48H48FN9O6/c1-5-36-38(18-22-51-44(36)56-28-29(2)57(48(56)62)34-7-6-21-50-27-34)39-14-11-33(58-46(63-4)53-54(3)47(58)61)26-42(39)64-35-12-8-30(9-13-35)31-19-23-55(24-20-31)41-16-10-32(25-40(41)49)37-15-17-43(59)52-45(37)60/h6-14,16,18,21-22,25-27,29,31,37H,5,15,17,19-20,23-24,28H2,1-4H3,(H,52,59,60)/t29-,37?/m0/s1. The van der Waals surface area contributed by atoms with E-state index < -0.39 is 11.6 Å². The van der Waals surface area contributed by atoms with Gasteiger partial charge in [-0.15, -0.1) is 5.10 Å². The van der Waals surface area contributed by atoms with Gasteiger partial charge < -0.3 is 14.4 Å². The molecule has 0 radical (unpaired) electrons. The van der Waals surface area contributed by atoms with Crippen LogP contribution in [0.4, 0.5) is 26.4 Å². The van der Waals surface area contributed by atoms with Crippen LogP contribution in [0, 0.1) is 5.82 Å². The highest BCUT2D eigenvalue weighted by molar-refractivity contribution is 6.07. The molecule has 4 amide bonds. The van der Waals surface area contributed by atoms with E-state index in [0.29, 0.717) is 72.4 Å². The third-order valence-electron chi connectivity index (χ3n) is 12.5. The quantitative estimate of drug-likeness (QED) is 0.131. The lowest BCUT2D eigenvalue weighted by atomic mass is 9.88. The van der Waals surface area contributed by atoms with Crippen LogP contribution in [0.25, 0.3) is 16.8 Å². The van der Waals surface area contributed by atoms with Gasteiger partial charge >= 0.3 is 17.7 Å². The van der Waals surface area contributed by atoms with Crippen LogP contribution < -0.4 is 35.2 Å². The summed E-state index contributed by atoms with van der Waals surface area (Å²) >= 11 is 0. The molecule has 3 saturated heterocycles. The molecule has 3 aliphatic rings. The number of rotatable bonds is 11. The number of nitrogens with zero attached hydrogens (tertiary/aromatic N) is 8. The molecule has 2 atom stereocenters. The van der Waals surface area contributed by atoms with Crippen LogP contribution in [0.3, 0.4) is 0 Å². The number of halogens is 1. The number of carbonyl (C=O) groups excluding carboxylic acids is 3. The van der Waals surface area contributed by atoms with E-state index >= 15 is 4.39 Å². The molecule has 3 aromatic heterocycles. The second-order valence-corrected chi connectivity index (χ2v) is 16.4. The van der Waals surface area contributed by atoms with Crippen LogP contribution in [-0.4, -0.2) is 74.9 Å². The van der Waals surface area contributed by atoms with Crippen molar-refractivity contribution in [2.45, 2.75) is 63.8 Å². The summed E-state index contributed by atoms with van der Waals surface area (Å²) in [4.78, 5) is 65.8. The number of hydrogen-bond donors (Lipinski definition) is 1. The van der Waals surface area contributed by atoms with E-state index in [0.717, 1.165) is 35.1 Å². The molecule has 3 aliphatic heterocycles. The van der Waals surface area contributed by atoms with Crippen LogP contribution in [-0.2, 0) is 23.1 Å². The van der Waals surface area contributed by atoms with Gasteiger partial charge in [0.2, 0.25) is 11.8 Å². The van der Waals surface area contributed by atoms with Crippen LogP contribution >= 0.6 is 0 Å². The molecule has 328 valence electrons. The Hall–Kier alpha value is -7.36. The van der Waals surface area contributed by atoms with E-state index in [1.807, 2.05) is 61.2 Å². The Morgan fingerprint density at radius 3 is 2.36 bits per heavy atom. The highest BCUT2D eigenvalue weighted by Crippen LogP contribution is 2.42. The van der Waals surface area contributed by atoms with E-state index in [1.54, 1.807) is 53.6 Å². The van der Waals surface area contributed by atoms with Gasteiger partial charge in [-0.05, 0) is 110 Å². The second kappa shape index (κ2) is 17.4. The summed E-state index contributed by atoms with van der Waals surface area (Å²) in [7, 11) is 3.01. The molecule has 0 saturated carbocycles. The van der Waals surface area contributed by atoms with Crippen LogP contribution in [0.2, 0.25) is 0 Å². The Bertz CT molecular complexity index is 2800. The number of carbonyl (C=O) groups is 3. The largest absolute Gasteiger partial charge is 0.467 e. The topological polar surface area (TPSA) is 157 Å². The molecule has 3 fully saturated rings. The van der Waals surface area contributed by atoms with E-state index in [1.165, 1.54) is 22.4 Å². The van der Waals surface area contributed by atoms with Gasteiger partial charge in [0.15, 0.2) is 0 Å². The van der Waals surface area contributed by atoms with Gasteiger partial charge in [-0.1, -0.05) is 25.1 Å². The number of aryl methyl sites for hydroxylation is 1. The molecule has 1 unspecified atom stereocenters. The van der Waals surface area contributed by atoms with E-state index in [2.05, 4.69) is 27.5 Å². The van der Waals surface area contributed by atoms with Crippen molar-refractivity contribution < 1.29 is 28.2 Å². The zero-order chi connectivity index (χ0) is 44.6. The first-order valence-electron chi connectivity index (χ1n) is 21.5. The number of imide groups is 1. The second-order valence-electron chi connectivity index (χ2n) is 16.4. The number of hydrogen-bond acceptors (Lipinski definition) is 10. The minimum Gasteiger partial charge on any atom is -0.467 e. The summed E-state index contributed by atoms with van der Waals surface area (Å²) in [5, 5.41) is 6.59.